The Morgan fingerprint density at radius 2 is 1.86 bits per heavy atom. The molecule has 21 heavy (non-hydrogen) atoms. The number of thiophene rings is 1. The smallest absolute Gasteiger partial charge is 0.240 e. The molecular weight excluding hydrogens is 374 g/mol. The molecule has 0 radical (unpaired) electrons. The Labute approximate surface area is 136 Å². The molecule has 1 N–H and O–H groups in total. The highest BCUT2D eigenvalue weighted by molar-refractivity contribution is 9.11. The number of sulfonamides is 1. The number of ketones is 1. The molecule has 112 valence electrons. The Morgan fingerprint density at radius 3 is 2.38 bits per heavy atom. The normalized spacial score (nSPS) is 11.5. The van der Waals surface area contributed by atoms with Gasteiger partial charge in [0.15, 0.2) is 5.78 Å². The van der Waals surface area contributed by atoms with Crippen molar-refractivity contribution in [2.24, 2.45) is 0 Å². The lowest BCUT2D eigenvalue weighted by atomic mass is 10.2. The van der Waals surface area contributed by atoms with Gasteiger partial charge in [0.1, 0.15) is 0 Å². The van der Waals surface area contributed by atoms with E-state index in [1.54, 1.807) is 11.3 Å². The first-order chi connectivity index (χ1) is 9.88. The van der Waals surface area contributed by atoms with E-state index in [1.165, 1.54) is 31.2 Å². The number of benzene rings is 1. The first-order valence-corrected chi connectivity index (χ1v) is 9.32. The summed E-state index contributed by atoms with van der Waals surface area (Å²) in [6.07, 6.45) is 0.640. The third-order valence-corrected chi connectivity index (χ3v) is 6.02. The van der Waals surface area contributed by atoms with Crippen LogP contribution in [0.5, 0.6) is 0 Å². The van der Waals surface area contributed by atoms with Gasteiger partial charge in [0.2, 0.25) is 10.0 Å². The van der Waals surface area contributed by atoms with E-state index in [1.807, 2.05) is 12.1 Å². The van der Waals surface area contributed by atoms with Crippen molar-refractivity contribution in [3.63, 3.8) is 0 Å². The first kappa shape index (κ1) is 16.4. The average molecular weight is 388 g/mol. The van der Waals surface area contributed by atoms with Crippen molar-refractivity contribution < 1.29 is 13.2 Å². The molecule has 0 saturated heterocycles. The predicted molar refractivity (Wildman–Crippen MR) is 87.4 cm³/mol. The molecule has 0 atom stereocenters. The minimum atomic E-state index is -3.53. The zero-order valence-electron chi connectivity index (χ0n) is 11.3. The summed E-state index contributed by atoms with van der Waals surface area (Å²) in [7, 11) is -3.53. The maximum Gasteiger partial charge on any atom is 0.240 e. The van der Waals surface area contributed by atoms with Crippen LogP contribution in [0.1, 0.15) is 22.2 Å². The third kappa shape index (κ3) is 4.47. The number of hydrogen-bond donors (Lipinski definition) is 1. The fourth-order valence-electron chi connectivity index (χ4n) is 1.75. The molecule has 2 aromatic rings. The molecule has 4 nitrogen and oxygen atoms in total. The van der Waals surface area contributed by atoms with Crippen LogP contribution in [0.4, 0.5) is 0 Å². The third-order valence-electron chi connectivity index (χ3n) is 2.86. The lowest BCUT2D eigenvalue weighted by molar-refractivity contribution is 0.101. The maximum atomic E-state index is 12.1. The number of hydrogen-bond acceptors (Lipinski definition) is 4. The summed E-state index contributed by atoms with van der Waals surface area (Å²) in [5.41, 5.74) is 0.498. The minimum Gasteiger partial charge on any atom is -0.295 e. The molecule has 1 aromatic carbocycles. The zero-order chi connectivity index (χ0) is 15.5. The Morgan fingerprint density at radius 1 is 1.19 bits per heavy atom. The number of carbonyl (C=O) groups is 1. The van der Waals surface area contributed by atoms with Gasteiger partial charge >= 0.3 is 0 Å². The summed E-state index contributed by atoms with van der Waals surface area (Å²) in [6.45, 7) is 1.78. The molecule has 2 rings (SSSR count). The van der Waals surface area contributed by atoms with Crippen molar-refractivity contribution in [2.75, 3.05) is 6.54 Å². The highest BCUT2D eigenvalue weighted by Crippen LogP contribution is 2.22. The number of halogens is 1. The van der Waals surface area contributed by atoms with Crippen molar-refractivity contribution in [2.45, 2.75) is 18.2 Å². The van der Waals surface area contributed by atoms with Crippen molar-refractivity contribution >= 4 is 43.1 Å². The molecule has 0 saturated carbocycles. The van der Waals surface area contributed by atoms with Gasteiger partial charge in [-0.1, -0.05) is 12.1 Å². The lowest BCUT2D eigenvalue weighted by Crippen LogP contribution is -2.25. The van der Waals surface area contributed by atoms with E-state index in [9.17, 15) is 13.2 Å². The molecule has 0 unspecified atom stereocenters. The van der Waals surface area contributed by atoms with Gasteiger partial charge in [0, 0.05) is 17.0 Å². The predicted octanol–water partition coefficient (Wildman–Crippen LogP) is 3.23. The number of rotatable bonds is 6. The topological polar surface area (TPSA) is 63.2 Å². The monoisotopic (exact) mass is 387 g/mol. The summed E-state index contributed by atoms with van der Waals surface area (Å²) in [6, 6.07) is 9.84. The molecule has 0 aliphatic heterocycles. The minimum absolute atomic E-state index is 0.0878. The molecule has 1 aromatic heterocycles. The van der Waals surface area contributed by atoms with Gasteiger partial charge in [-0.15, -0.1) is 11.3 Å². The van der Waals surface area contributed by atoms with Crippen LogP contribution in [0.2, 0.25) is 0 Å². The van der Waals surface area contributed by atoms with E-state index in [4.69, 9.17) is 0 Å². The van der Waals surface area contributed by atoms with E-state index in [2.05, 4.69) is 20.7 Å². The Balaban J connectivity index is 1.99. The SMILES string of the molecule is CC(=O)c1ccc(S(=O)(=O)NCCc2ccc(Br)s2)cc1. The van der Waals surface area contributed by atoms with Crippen molar-refractivity contribution in [3.8, 4) is 0 Å². The number of Topliss-reactive ketones (excluding diaryl/α,β-unsaturated/α-hetero) is 1. The molecular formula is C14H14BrNO3S2. The molecule has 0 aliphatic rings. The largest absolute Gasteiger partial charge is 0.295 e. The van der Waals surface area contributed by atoms with Gasteiger partial charge in [-0.25, -0.2) is 13.1 Å². The fraction of sp³-hybridized carbons (Fsp3) is 0.214. The second-order valence-electron chi connectivity index (χ2n) is 4.43. The number of nitrogens with one attached hydrogen (secondary N) is 1. The maximum absolute atomic E-state index is 12.1. The molecule has 0 fully saturated rings. The van der Waals surface area contributed by atoms with E-state index >= 15 is 0 Å². The molecule has 0 bridgehead atoms. The van der Waals surface area contributed by atoms with Crippen molar-refractivity contribution in [3.05, 3.63) is 50.6 Å². The van der Waals surface area contributed by atoms with E-state index in [-0.39, 0.29) is 10.7 Å². The van der Waals surface area contributed by atoms with Crippen LogP contribution in [0, 0.1) is 0 Å². The summed E-state index contributed by atoms with van der Waals surface area (Å²) in [5.74, 6) is -0.0878. The zero-order valence-corrected chi connectivity index (χ0v) is 14.5. The van der Waals surface area contributed by atoms with Crippen LogP contribution in [0.3, 0.4) is 0 Å². The molecule has 0 amide bonds. The van der Waals surface area contributed by atoms with E-state index in [0.717, 1.165) is 8.66 Å². The van der Waals surface area contributed by atoms with Crippen LogP contribution >= 0.6 is 27.3 Å². The van der Waals surface area contributed by atoms with Crippen molar-refractivity contribution in [1.29, 1.82) is 0 Å². The molecule has 1 heterocycles. The van der Waals surface area contributed by atoms with Gasteiger partial charge < -0.3 is 0 Å². The van der Waals surface area contributed by atoms with Gasteiger partial charge in [-0.2, -0.15) is 0 Å². The van der Waals surface area contributed by atoms with Crippen LogP contribution in [-0.4, -0.2) is 20.7 Å². The fourth-order valence-corrected chi connectivity index (χ4v) is 4.26. The quantitative estimate of drug-likeness (QED) is 0.773. The Bertz CT molecular complexity index is 736. The van der Waals surface area contributed by atoms with Crippen LogP contribution in [-0.2, 0) is 16.4 Å². The standard InChI is InChI=1S/C14H14BrNO3S2/c1-10(17)11-2-5-13(6-3-11)21(18,19)16-9-8-12-4-7-14(15)20-12/h2-7,16H,8-9H2,1H3. The van der Waals surface area contributed by atoms with Gasteiger partial charge in [-0.05, 0) is 53.5 Å². The van der Waals surface area contributed by atoms with Gasteiger partial charge in [0.25, 0.3) is 0 Å². The lowest BCUT2D eigenvalue weighted by Gasteiger charge is -2.06. The van der Waals surface area contributed by atoms with E-state index < -0.39 is 10.0 Å². The van der Waals surface area contributed by atoms with Gasteiger partial charge in [-0.3, -0.25) is 4.79 Å². The highest BCUT2D eigenvalue weighted by atomic mass is 79.9. The molecule has 7 heteroatoms. The summed E-state index contributed by atoms with van der Waals surface area (Å²) in [4.78, 5) is 12.4. The summed E-state index contributed by atoms with van der Waals surface area (Å²) in [5, 5.41) is 0. The van der Waals surface area contributed by atoms with Crippen molar-refractivity contribution in [1.82, 2.24) is 4.72 Å². The van der Waals surface area contributed by atoms with Gasteiger partial charge in [0.05, 0.1) is 8.68 Å². The summed E-state index contributed by atoms with van der Waals surface area (Å²) < 4.78 is 27.8. The highest BCUT2D eigenvalue weighted by Gasteiger charge is 2.13. The second kappa shape index (κ2) is 6.83. The van der Waals surface area contributed by atoms with Crippen LogP contribution < -0.4 is 4.72 Å². The number of carbonyl (C=O) groups excluding carboxylic acids is 1. The Kier molecular flexibility index (Phi) is 5.32. The summed E-state index contributed by atoms with van der Waals surface area (Å²) >= 11 is 4.95. The average Bonchev–Trinajstić information content (AvgIpc) is 2.84. The second-order valence-corrected chi connectivity index (χ2v) is 8.75. The Hall–Kier alpha value is -1.02. The molecule has 0 aliphatic carbocycles. The first-order valence-electron chi connectivity index (χ1n) is 6.23. The van der Waals surface area contributed by atoms with Crippen LogP contribution in [0.25, 0.3) is 0 Å². The van der Waals surface area contributed by atoms with Crippen LogP contribution in [0.15, 0.2) is 45.1 Å². The van der Waals surface area contributed by atoms with E-state index in [0.29, 0.717) is 18.5 Å². The molecule has 0 spiro atoms.